The summed E-state index contributed by atoms with van der Waals surface area (Å²) in [5.41, 5.74) is 0. The van der Waals surface area contributed by atoms with Crippen LogP contribution in [0.1, 0.15) is 65.7 Å². The van der Waals surface area contributed by atoms with Crippen LogP contribution < -0.4 is 5.32 Å². The SMILES string of the molecule is CC#CCCC(CCCCC)NCCC. The molecule has 88 valence electrons. The van der Waals surface area contributed by atoms with Crippen molar-refractivity contribution in [1.82, 2.24) is 5.32 Å². The molecule has 0 amide bonds. The van der Waals surface area contributed by atoms with Gasteiger partial charge >= 0.3 is 0 Å². The van der Waals surface area contributed by atoms with Crippen LogP contribution in [-0.4, -0.2) is 12.6 Å². The molecule has 0 saturated heterocycles. The molecule has 0 aromatic rings. The number of hydrogen-bond donors (Lipinski definition) is 1. The van der Waals surface area contributed by atoms with Crippen LogP contribution in [-0.2, 0) is 0 Å². The van der Waals surface area contributed by atoms with Gasteiger partial charge in [-0.1, -0.05) is 33.1 Å². The molecular weight excluding hydrogens is 182 g/mol. The summed E-state index contributed by atoms with van der Waals surface area (Å²) in [6.07, 6.45) is 8.84. The Labute approximate surface area is 96.0 Å². The minimum absolute atomic E-state index is 0.692. The van der Waals surface area contributed by atoms with Crippen LogP contribution in [0, 0.1) is 11.8 Å². The van der Waals surface area contributed by atoms with Gasteiger partial charge in [0.15, 0.2) is 0 Å². The number of hydrogen-bond acceptors (Lipinski definition) is 1. The van der Waals surface area contributed by atoms with E-state index in [1.54, 1.807) is 0 Å². The summed E-state index contributed by atoms with van der Waals surface area (Å²) in [5, 5.41) is 3.62. The minimum Gasteiger partial charge on any atom is -0.314 e. The smallest absolute Gasteiger partial charge is 0.0103 e. The van der Waals surface area contributed by atoms with Crippen molar-refractivity contribution in [3.8, 4) is 11.8 Å². The first-order chi connectivity index (χ1) is 7.35. The first-order valence-electron chi connectivity index (χ1n) is 6.48. The van der Waals surface area contributed by atoms with Crippen LogP contribution in [0.25, 0.3) is 0 Å². The molecule has 1 N–H and O–H groups in total. The highest BCUT2D eigenvalue weighted by Gasteiger charge is 2.05. The van der Waals surface area contributed by atoms with E-state index >= 15 is 0 Å². The molecule has 15 heavy (non-hydrogen) atoms. The number of unbranched alkanes of at least 4 members (excludes halogenated alkanes) is 2. The summed E-state index contributed by atoms with van der Waals surface area (Å²) in [6.45, 7) is 7.56. The third-order valence-electron chi connectivity index (χ3n) is 2.63. The second kappa shape index (κ2) is 11.6. The molecule has 0 heterocycles. The van der Waals surface area contributed by atoms with E-state index in [2.05, 4.69) is 31.0 Å². The Bertz CT molecular complexity index is 176. The van der Waals surface area contributed by atoms with Gasteiger partial charge in [0.2, 0.25) is 0 Å². The quantitative estimate of drug-likeness (QED) is 0.450. The average Bonchev–Trinajstić information content (AvgIpc) is 2.25. The first-order valence-corrected chi connectivity index (χ1v) is 6.48. The maximum absolute atomic E-state index is 3.62. The first kappa shape index (κ1) is 14.5. The van der Waals surface area contributed by atoms with Crippen LogP contribution >= 0.6 is 0 Å². The number of nitrogens with one attached hydrogen (secondary N) is 1. The fourth-order valence-corrected chi connectivity index (χ4v) is 1.71. The van der Waals surface area contributed by atoms with Gasteiger partial charge in [-0.2, -0.15) is 0 Å². The molecule has 0 aromatic heterocycles. The van der Waals surface area contributed by atoms with E-state index in [1.807, 2.05) is 6.92 Å². The summed E-state index contributed by atoms with van der Waals surface area (Å²) < 4.78 is 0. The molecule has 0 aliphatic rings. The predicted octanol–water partition coefficient (Wildman–Crippen LogP) is 3.74. The van der Waals surface area contributed by atoms with Gasteiger partial charge in [-0.15, -0.1) is 11.8 Å². The predicted molar refractivity (Wildman–Crippen MR) is 68.9 cm³/mol. The van der Waals surface area contributed by atoms with Gasteiger partial charge < -0.3 is 5.32 Å². The second-order valence-corrected chi connectivity index (χ2v) is 4.11. The third kappa shape index (κ3) is 9.82. The molecule has 1 unspecified atom stereocenters. The Balaban J connectivity index is 3.65. The van der Waals surface area contributed by atoms with E-state index < -0.39 is 0 Å². The van der Waals surface area contributed by atoms with Gasteiger partial charge in [-0.25, -0.2) is 0 Å². The van der Waals surface area contributed by atoms with E-state index in [0.717, 1.165) is 13.0 Å². The maximum Gasteiger partial charge on any atom is 0.0103 e. The largest absolute Gasteiger partial charge is 0.314 e. The molecule has 0 saturated carbocycles. The molecule has 0 bridgehead atoms. The lowest BCUT2D eigenvalue weighted by Crippen LogP contribution is -2.29. The third-order valence-corrected chi connectivity index (χ3v) is 2.63. The second-order valence-electron chi connectivity index (χ2n) is 4.11. The van der Waals surface area contributed by atoms with E-state index in [0.29, 0.717) is 6.04 Å². The Kier molecular flexibility index (Phi) is 11.2. The standard InChI is InChI=1S/C14H27N/c1-4-7-9-11-14(15-13-6-3)12-10-8-5-2/h14-15H,4,6-7,9-13H2,1-3H3. The highest BCUT2D eigenvalue weighted by Crippen LogP contribution is 2.08. The van der Waals surface area contributed by atoms with Crippen molar-refractivity contribution >= 4 is 0 Å². The van der Waals surface area contributed by atoms with Gasteiger partial charge in [0.1, 0.15) is 0 Å². The molecule has 0 fully saturated rings. The van der Waals surface area contributed by atoms with Crippen LogP contribution in [0.15, 0.2) is 0 Å². The summed E-state index contributed by atoms with van der Waals surface area (Å²) in [7, 11) is 0. The average molecular weight is 209 g/mol. The molecule has 0 aliphatic carbocycles. The Morgan fingerprint density at radius 3 is 2.47 bits per heavy atom. The summed E-state index contributed by atoms with van der Waals surface area (Å²) in [5.74, 6) is 6.12. The van der Waals surface area contributed by atoms with Crippen molar-refractivity contribution in [2.75, 3.05) is 6.54 Å². The lowest BCUT2D eigenvalue weighted by molar-refractivity contribution is 0.439. The van der Waals surface area contributed by atoms with Crippen LogP contribution in [0.2, 0.25) is 0 Å². The van der Waals surface area contributed by atoms with Gasteiger partial charge in [-0.3, -0.25) is 0 Å². The fraction of sp³-hybridized carbons (Fsp3) is 0.857. The van der Waals surface area contributed by atoms with Crippen LogP contribution in [0.5, 0.6) is 0 Å². The molecule has 0 aromatic carbocycles. The van der Waals surface area contributed by atoms with Crippen molar-refractivity contribution < 1.29 is 0 Å². The van der Waals surface area contributed by atoms with Crippen molar-refractivity contribution in [2.45, 2.75) is 71.8 Å². The zero-order chi connectivity index (χ0) is 11.4. The monoisotopic (exact) mass is 209 g/mol. The lowest BCUT2D eigenvalue weighted by Gasteiger charge is -2.17. The molecule has 0 rings (SSSR count). The zero-order valence-corrected chi connectivity index (χ0v) is 10.7. The molecule has 1 atom stereocenters. The van der Waals surface area contributed by atoms with Crippen molar-refractivity contribution in [1.29, 1.82) is 0 Å². The van der Waals surface area contributed by atoms with Crippen molar-refractivity contribution in [2.24, 2.45) is 0 Å². The van der Waals surface area contributed by atoms with Gasteiger partial charge in [-0.05, 0) is 32.7 Å². The molecule has 0 aliphatic heterocycles. The van der Waals surface area contributed by atoms with E-state index in [-0.39, 0.29) is 0 Å². The molecule has 1 heteroatoms. The van der Waals surface area contributed by atoms with Crippen LogP contribution in [0.4, 0.5) is 0 Å². The summed E-state index contributed by atoms with van der Waals surface area (Å²) >= 11 is 0. The Hall–Kier alpha value is -0.480. The Morgan fingerprint density at radius 2 is 1.87 bits per heavy atom. The van der Waals surface area contributed by atoms with Gasteiger partial charge in [0, 0.05) is 12.5 Å². The topological polar surface area (TPSA) is 12.0 Å². The molecule has 0 spiro atoms. The normalized spacial score (nSPS) is 11.9. The van der Waals surface area contributed by atoms with E-state index in [9.17, 15) is 0 Å². The lowest BCUT2D eigenvalue weighted by atomic mass is 10.0. The van der Waals surface area contributed by atoms with Gasteiger partial charge in [0.05, 0.1) is 0 Å². The maximum atomic E-state index is 3.62. The molecule has 0 radical (unpaired) electrons. The van der Waals surface area contributed by atoms with Crippen LogP contribution in [0.3, 0.4) is 0 Å². The number of rotatable bonds is 9. The van der Waals surface area contributed by atoms with Crippen molar-refractivity contribution in [3.63, 3.8) is 0 Å². The summed E-state index contributed by atoms with van der Waals surface area (Å²) in [6, 6.07) is 0.692. The fourth-order valence-electron chi connectivity index (χ4n) is 1.71. The molecule has 1 nitrogen and oxygen atoms in total. The van der Waals surface area contributed by atoms with E-state index in [4.69, 9.17) is 0 Å². The van der Waals surface area contributed by atoms with E-state index in [1.165, 1.54) is 38.5 Å². The van der Waals surface area contributed by atoms with Gasteiger partial charge in [0.25, 0.3) is 0 Å². The molecular formula is C14H27N. The highest BCUT2D eigenvalue weighted by atomic mass is 14.9. The highest BCUT2D eigenvalue weighted by molar-refractivity contribution is 4.95. The summed E-state index contributed by atoms with van der Waals surface area (Å²) in [4.78, 5) is 0. The minimum atomic E-state index is 0.692. The Morgan fingerprint density at radius 1 is 1.07 bits per heavy atom. The zero-order valence-electron chi connectivity index (χ0n) is 10.7. The van der Waals surface area contributed by atoms with Crippen molar-refractivity contribution in [3.05, 3.63) is 0 Å².